The van der Waals surface area contributed by atoms with E-state index in [1.807, 2.05) is 26.0 Å². The molecule has 1 atom stereocenters. The number of rotatable bonds is 6. The molecular formula is C15H20N2O3. The van der Waals surface area contributed by atoms with E-state index in [0.29, 0.717) is 13.1 Å². The highest BCUT2D eigenvalue weighted by molar-refractivity contribution is 5.81. The van der Waals surface area contributed by atoms with Crippen LogP contribution in [0.25, 0.3) is 0 Å². The molecule has 108 valence electrons. The first kappa shape index (κ1) is 14.4. The van der Waals surface area contributed by atoms with Crippen LogP contribution >= 0.6 is 0 Å². The highest BCUT2D eigenvalue weighted by Gasteiger charge is 2.25. The van der Waals surface area contributed by atoms with E-state index < -0.39 is 6.04 Å². The Morgan fingerprint density at radius 1 is 1.15 bits per heavy atom. The van der Waals surface area contributed by atoms with E-state index in [1.165, 1.54) is 0 Å². The summed E-state index contributed by atoms with van der Waals surface area (Å²) in [5, 5.41) is 0. The fraction of sp³-hybridized carbons (Fsp3) is 0.400. The van der Waals surface area contributed by atoms with Crippen LogP contribution in [0.15, 0.2) is 45.6 Å². The van der Waals surface area contributed by atoms with Crippen LogP contribution in [0, 0.1) is 5.92 Å². The zero-order chi connectivity index (χ0) is 14.5. The minimum Gasteiger partial charge on any atom is -0.467 e. The van der Waals surface area contributed by atoms with Gasteiger partial charge in [0.1, 0.15) is 11.5 Å². The van der Waals surface area contributed by atoms with Crippen LogP contribution in [0.5, 0.6) is 0 Å². The molecule has 0 aliphatic rings. The predicted octanol–water partition coefficient (Wildman–Crippen LogP) is 2.38. The van der Waals surface area contributed by atoms with Gasteiger partial charge in [-0.2, -0.15) is 0 Å². The van der Waals surface area contributed by atoms with Crippen molar-refractivity contribution in [1.82, 2.24) is 4.90 Å². The van der Waals surface area contributed by atoms with Crippen molar-refractivity contribution >= 4 is 5.91 Å². The van der Waals surface area contributed by atoms with E-state index >= 15 is 0 Å². The smallest absolute Gasteiger partial charge is 0.240 e. The molecule has 0 saturated carbocycles. The number of hydrogen-bond acceptors (Lipinski definition) is 4. The van der Waals surface area contributed by atoms with Crippen LogP contribution in [0.2, 0.25) is 0 Å². The molecule has 2 aromatic rings. The van der Waals surface area contributed by atoms with E-state index in [0.717, 1.165) is 11.5 Å². The van der Waals surface area contributed by atoms with Crippen LogP contribution in [0.1, 0.15) is 25.4 Å². The van der Waals surface area contributed by atoms with Crippen LogP contribution in [-0.2, 0) is 17.9 Å². The van der Waals surface area contributed by atoms with E-state index in [4.69, 9.17) is 14.6 Å². The van der Waals surface area contributed by atoms with Gasteiger partial charge in [-0.25, -0.2) is 0 Å². The number of furan rings is 2. The first-order valence-electron chi connectivity index (χ1n) is 6.67. The molecule has 0 bridgehead atoms. The van der Waals surface area contributed by atoms with Gasteiger partial charge in [0.15, 0.2) is 0 Å². The number of nitrogens with two attached hydrogens (primary N) is 1. The molecule has 0 spiro atoms. The van der Waals surface area contributed by atoms with Crippen LogP contribution in [0.4, 0.5) is 0 Å². The maximum Gasteiger partial charge on any atom is 0.240 e. The molecule has 0 saturated heterocycles. The number of carbonyl (C=O) groups excluding carboxylic acids is 1. The molecule has 0 aliphatic heterocycles. The molecule has 0 aliphatic carbocycles. The largest absolute Gasteiger partial charge is 0.467 e. The van der Waals surface area contributed by atoms with Gasteiger partial charge in [-0.15, -0.1) is 0 Å². The molecule has 2 aromatic heterocycles. The Bertz CT molecular complexity index is 481. The Labute approximate surface area is 118 Å². The second-order valence-corrected chi connectivity index (χ2v) is 5.12. The van der Waals surface area contributed by atoms with Gasteiger partial charge in [-0.05, 0) is 30.2 Å². The number of nitrogens with zero attached hydrogens (tertiary/aromatic N) is 1. The molecule has 5 heteroatoms. The second-order valence-electron chi connectivity index (χ2n) is 5.12. The number of amides is 1. The molecular weight excluding hydrogens is 256 g/mol. The normalized spacial score (nSPS) is 12.6. The third-order valence-electron chi connectivity index (χ3n) is 3.17. The molecule has 0 fully saturated rings. The molecule has 0 unspecified atom stereocenters. The Kier molecular flexibility index (Phi) is 4.63. The maximum absolute atomic E-state index is 12.5. The summed E-state index contributed by atoms with van der Waals surface area (Å²) in [6, 6.07) is 6.74. The third-order valence-corrected chi connectivity index (χ3v) is 3.17. The Hall–Kier alpha value is -2.01. The van der Waals surface area contributed by atoms with Gasteiger partial charge >= 0.3 is 0 Å². The highest BCUT2D eigenvalue weighted by Crippen LogP contribution is 2.14. The average Bonchev–Trinajstić information content (AvgIpc) is 3.09. The molecule has 0 aromatic carbocycles. The lowest BCUT2D eigenvalue weighted by atomic mass is 10.0. The fourth-order valence-electron chi connectivity index (χ4n) is 1.89. The van der Waals surface area contributed by atoms with Gasteiger partial charge in [0.25, 0.3) is 0 Å². The summed E-state index contributed by atoms with van der Waals surface area (Å²) in [6.45, 7) is 4.63. The molecule has 0 radical (unpaired) electrons. The van der Waals surface area contributed by atoms with E-state index in [2.05, 4.69) is 0 Å². The van der Waals surface area contributed by atoms with Gasteiger partial charge < -0.3 is 19.5 Å². The van der Waals surface area contributed by atoms with Crippen molar-refractivity contribution in [2.24, 2.45) is 11.7 Å². The summed E-state index contributed by atoms with van der Waals surface area (Å²) in [7, 11) is 0. The van der Waals surface area contributed by atoms with Crippen molar-refractivity contribution in [2.75, 3.05) is 0 Å². The van der Waals surface area contributed by atoms with E-state index in [9.17, 15) is 4.79 Å². The average molecular weight is 276 g/mol. The lowest BCUT2D eigenvalue weighted by Gasteiger charge is -2.25. The van der Waals surface area contributed by atoms with Crippen LogP contribution < -0.4 is 5.73 Å². The van der Waals surface area contributed by atoms with Crippen molar-refractivity contribution in [1.29, 1.82) is 0 Å². The lowest BCUT2D eigenvalue weighted by molar-refractivity contribution is -0.135. The zero-order valence-corrected chi connectivity index (χ0v) is 11.8. The number of hydrogen-bond donors (Lipinski definition) is 1. The summed E-state index contributed by atoms with van der Waals surface area (Å²) in [6.07, 6.45) is 3.18. The first-order valence-corrected chi connectivity index (χ1v) is 6.67. The second kappa shape index (κ2) is 6.43. The Morgan fingerprint density at radius 2 is 1.65 bits per heavy atom. The molecule has 2 rings (SSSR count). The van der Waals surface area contributed by atoms with Gasteiger partial charge in [0.05, 0.1) is 31.7 Å². The SMILES string of the molecule is CC(C)[C@@H](N)C(=O)N(Cc1ccco1)Cc1ccco1. The van der Waals surface area contributed by atoms with Crippen molar-refractivity contribution in [3.63, 3.8) is 0 Å². The van der Waals surface area contributed by atoms with Crippen LogP contribution in [0.3, 0.4) is 0 Å². The van der Waals surface area contributed by atoms with Crippen molar-refractivity contribution in [3.8, 4) is 0 Å². The molecule has 5 nitrogen and oxygen atoms in total. The standard InChI is InChI=1S/C15H20N2O3/c1-11(2)14(16)15(18)17(9-12-5-3-7-19-12)10-13-6-4-8-20-13/h3-8,11,14H,9-10,16H2,1-2H3/t14-/m1/s1. The lowest BCUT2D eigenvalue weighted by Crippen LogP contribution is -2.45. The van der Waals surface area contributed by atoms with Gasteiger partial charge in [0.2, 0.25) is 5.91 Å². The maximum atomic E-state index is 12.5. The zero-order valence-electron chi connectivity index (χ0n) is 11.8. The van der Waals surface area contributed by atoms with Gasteiger partial charge in [-0.1, -0.05) is 13.8 Å². The van der Waals surface area contributed by atoms with Gasteiger partial charge in [-0.3, -0.25) is 4.79 Å². The summed E-state index contributed by atoms with van der Waals surface area (Å²) < 4.78 is 10.6. The van der Waals surface area contributed by atoms with Crippen molar-refractivity contribution in [3.05, 3.63) is 48.3 Å². The summed E-state index contributed by atoms with van der Waals surface area (Å²) in [5.41, 5.74) is 5.97. The highest BCUT2D eigenvalue weighted by atomic mass is 16.3. The summed E-state index contributed by atoms with van der Waals surface area (Å²) >= 11 is 0. The topological polar surface area (TPSA) is 72.6 Å². The quantitative estimate of drug-likeness (QED) is 0.879. The van der Waals surface area contributed by atoms with E-state index in [1.54, 1.807) is 29.6 Å². The molecule has 1 amide bonds. The Balaban J connectivity index is 2.12. The number of carbonyl (C=O) groups is 1. The van der Waals surface area contributed by atoms with Crippen LogP contribution in [-0.4, -0.2) is 16.8 Å². The predicted molar refractivity (Wildman–Crippen MR) is 74.5 cm³/mol. The summed E-state index contributed by atoms with van der Waals surface area (Å²) in [5.74, 6) is 1.42. The minimum absolute atomic E-state index is 0.0817. The molecule has 20 heavy (non-hydrogen) atoms. The summed E-state index contributed by atoms with van der Waals surface area (Å²) in [4.78, 5) is 14.1. The van der Waals surface area contributed by atoms with Crippen molar-refractivity contribution < 1.29 is 13.6 Å². The fourth-order valence-corrected chi connectivity index (χ4v) is 1.89. The molecule has 2 heterocycles. The minimum atomic E-state index is -0.528. The Morgan fingerprint density at radius 3 is 2.00 bits per heavy atom. The first-order chi connectivity index (χ1) is 9.58. The monoisotopic (exact) mass is 276 g/mol. The molecule has 2 N–H and O–H groups in total. The van der Waals surface area contributed by atoms with Gasteiger partial charge in [0, 0.05) is 0 Å². The van der Waals surface area contributed by atoms with Crippen molar-refractivity contribution in [2.45, 2.75) is 33.0 Å². The third kappa shape index (κ3) is 3.51. The van der Waals surface area contributed by atoms with E-state index in [-0.39, 0.29) is 11.8 Å².